The van der Waals surface area contributed by atoms with Crippen molar-refractivity contribution in [1.29, 1.82) is 0 Å². The van der Waals surface area contributed by atoms with Crippen molar-refractivity contribution in [1.82, 2.24) is 60.6 Å². The number of carbonyl (C=O) groups excluding carboxylic acids is 2. The number of morpholine rings is 2. The van der Waals surface area contributed by atoms with Crippen LogP contribution < -0.4 is 25.2 Å². The molecule has 13 rings (SSSR count). The summed E-state index contributed by atoms with van der Waals surface area (Å²) in [5, 5.41) is 51.5. The number of aromatic hydroxyl groups is 1. The molecule has 2 saturated carbocycles. The molecule has 4 fully saturated rings. The molecule has 2 aliphatic carbocycles. The van der Waals surface area contributed by atoms with Crippen molar-refractivity contribution in [2.24, 2.45) is 0 Å². The molecule has 5 N–H and O–H groups in total. The first kappa shape index (κ1) is 49.3. The summed E-state index contributed by atoms with van der Waals surface area (Å²) in [7, 11) is 0. The minimum atomic E-state index is -0.276. The second-order valence-corrected chi connectivity index (χ2v) is 19.7. The third-order valence-electron chi connectivity index (χ3n) is 14.4. The number of nitrogens with zero attached hydrogens (tertiary/aromatic N) is 10. The Morgan fingerprint density at radius 2 is 1.06 bits per heavy atom. The highest BCUT2D eigenvalue weighted by atomic mass is 16.5. The fraction of sp³-hybridized carbons (Fsp3) is 0.333. The van der Waals surface area contributed by atoms with E-state index >= 15 is 0 Å². The minimum Gasteiger partial charge on any atom is -0.507 e. The summed E-state index contributed by atoms with van der Waals surface area (Å²) in [6, 6.07) is 34.0. The molecule has 6 heterocycles. The zero-order chi connectivity index (χ0) is 52.4. The summed E-state index contributed by atoms with van der Waals surface area (Å²) < 4.78 is 20.9. The molecular formula is C57H62N14O6. The van der Waals surface area contributed by atoms with Gasteiger partial charge in [-0.25, -0.2) is 0 Å². The van der Waals surface area contributed by atoms with Crippen LogP contribution in [0.3, 0.4) is 0 Å². The molecule has 0 unspecified atom stereocenters. The highest BCUT2D eigenvalue weighted by Crippen LogP contribution is 2.38. The van der Waals surface area contributed by atoms with E-state index in [2.05, 4.69) is 80.3 Å². The summed E-state index contributed by atoms with van der Waals surface area (Å²) >= 11 is 0. The topological polar surface area (TPSA) is 231 Å². The highest BCUT2D eigenvalue weighted by molar-refractivity contribution is 5.95. The van der Waals surface area contributed by atoms with E-state index in [1.807, 2.05) is 96.4 Å². The van der Waals surface area contributed by atoms with Gasteiger partial charge in [-0.2, -0.15) is 10.2 Å². The lowest BCUT2D eigenvalue weighted by molar-refractivity contribution is 0.0930. The maximum Gasteiger partial charge on any atom is 0.289 e. The third kappa shape index (κ3) is 10.4. The Morgan fingerprint density at radius 1 is 0.610 bits per heavy atom. The van der Waals surface area contributed by atoms with Crippen LogP contribution >= 0.6 is 0 Å². The number of anilines is 2. The van der Waals surface area contributed by atoms with E-state index in [9.17, 15) is 14.7 Å². The van der Waals surface area contributed by atoms with Crippen LogP contribution in [-0.4, -0.2) is 132 Å². The molecular weight excluding hydrogens is 977 g/mol. The van der Waals surface area contributed by atoms with Crippen molar-refractivity contribution < 1.29 is 30.3 Å². The van der Waals surface area contributed by atoms with Gasteiger partial charge in [0.15, 0.2) is 11.6 Å². The summed E-state index contributed by atoms with van der Waals surface area (Å²) in [4.78, 5) is 31.1. The molecule has 4 aliphatic rings. The molecule has 2 aliphatic heterocycles. The standard InChI is InChI=1S/C32H33N7O3.C25H27N7O3.H2/c1-2-27-25-18-26(29(19-28(25)35-34-27)42-20-21-6-4-3-5-7-21)30-36-37-31(32(40)33-22-8-9-22)39(30)24-12-10-23(11-13-24)38-14-16-41-17-15-38;1-2-20-18-13-19(22(33)14-21(18)28-27-20)23-29-30-24(25(34)26-15-3-4-15)32(23)17-7-5-16(6-8-17)31-9-11-35-12-10-31;/h3-7,10-13,18-19,22H,2,8-9,14-17,20H2,1H3,(H,33,40)(H,34,35);5-8,13-15,33H,2-4,9-12H2,1H3,(H,26,34)(H,27,28);1H. The number of phenolic OH excluding ortho intramolecular Hbond substituents is 1. The molecule has 20 nitrogen and oxygen atoms in total. The Balaban J connectivity index is 0.000000166. The maximum atomic E-state index is 13.4. The molecule has 396 valence electrons. The van der Waals surface area contributed by atoms with Gasteiger partial charge in [-0.05, 0) is 105 Å². The largest absolute Gasteiger partial charge is 0.507 e. The molecule has 2 amide bonds. The molecule has 0 atom stereocenters. The first-order chi connectivity index (χ1) is 37.8. The lowest BCUT2D eigenvalue weighted by Crippen LogP contribution is -2.36. The van der Waals surface area contributed by atoms with Gasteiger partial charge in [0.25, 0.3) is 11.8 Å². The molecule has 0 radical (unpaired) electrons. The number of carbonyl (C=O) groups is 2. The number of amides is 2. The summed E-state index contributed by atoms with van der Waals surface area (Å²) in [6.07, 6.45) is 5.47. The Kier molecular flexibility index (Phi) is 13.8. The van der Waals surface area contributed by atoms with Crippen molar-refractivity contribution in [2.45, 2.75) is 71.1 Å². The van der Waals surface area contributed by atoms with Gasteiger partial charge in [-0.3, -0.25) is 28.9 Å². The van der Waals surface area contributed by atoms with E-state index in [0.29, 0.717) is 61.5 Å². The number of nitrogens with one attached hydrogen (secondary N) is 4. The van der Waals surface area contributed by atoms with Crippen LogP contribution in [0, 0.1) is 0 Å². The second-order valence-electron chi connectivity index (χ2n) is 19.7. The van der Waals surface area contributed by atoms with Crippen molar-refractivity contribution >= 4 is 45.0 Å². The number of hydrogen-bond acceptors (Lipinski definition) is 14. The Labute approximate surface area is 445 Å². The Morgan fingerprint density at radius 3 is 1.55 bits per heavy atom. The average Bonchev–Trinajstić information content (AvgIpc) is 4.34. The molecule has 2 saturated heterocycles. The van der Waals surface area contributed by atoms with E-state index in [0.717, 1.165) is 126 Å². The van der Waals surface area contributed by atoms with Crippen LogP contribution in [-0.2, 0) is 28.9 Å². The lowest BCUT2D eigenvalue weighted by Gasteiger charge is -2.29. The van der Waals surface area contributed by atoms with Gasteiger partial charge in [-0.15, -0.1) is 20.4 Å². The molecule has 4 aromatic heterocycles. The summed E-state index contributed by atoms with van der Waals surface area (Å²) in [5.41, 5.74) is 9.49. The third-order valence-corrected chi connectivity index (χ3v) is 14.4. The number of aromatic nitrogens is 10. The number of phenols is 1. The quantitative estimate of drug-likeness (QED) is 0.0662. The number of hydrogen-bond donors (Lipinski definition) is 5. The predicted octanol–water partition coefficient (Wildman–Crippen LogP) is 7.73. The molecule has 0 spiro atoms. The predicted molar refractivity (Wildman–Crippen MR) is 293 cm³/mol. The zero-order valence-electron chi connectivity index (χ0n) is 43.0. The number of H-pyrrole nitrogens is 2. The van der Waals surface area contributed by atoms with Gasteiger partial charge in [0.05, 0.1) is 48.6 Å². The van der Waals surface area contributed by atoms with Crippen LogP contribution in [0.5, 0.6) is 11.5 Å². The van der Waals surface area contributed by atoms with Crippen molar-refractivity contribution in [3.8, 4) is 45.6 Å². The zero-order valence-corrected chi connectivity index (χ0v) is 43.0. The van der Waals surface area contributed by atoms with Crippen LogP contribution in [0.15, 0.2) is 103 Å². The van der Waals surface area contributed by atoms with Gasteiger partial charge >= 0.3 is 0 Å². The van der Waals surface area contributed by atoms with E-state index in [1.165, 1.54) is 0 Å². The van der Waals surface area contributed by atoms with Crippen LogP contribution in [0.4, 0.5) is 11.4 Å². The van der Waals surface area contributed by atoms with Crippen molar-refractivity contribution in [3.63, 3.8) is 0 Å². The van der Waals surface area contributed by atoms with E-state index in [-0.39, 0.29) is 42.7 Å². The number of aromatic amines is 2. The van der Waals surface area contributed by atoms with Crippen LogP contribution in [0.1, 0.15) is 79.1 Å². The highest BCUT2D eigenvalue weighted by Gasteiger charge is 2.31. The van der Waals surface area contributed by atoms with Gasteiger partial charge < -0.3 is 39.8 Å². The normalized spacial score (nSPS) is 15.6. The van der Waals surface area contributed by atoms with Gasteiger partial charge in [0.2, 0.25) is 11.6 Å². The Bertz CT molecular complexity index is 3560. The molecule has 77 heavy (non-hydrogen) atoms. The number of ether oxygens (including phenoxy) is 3. The lowest BCUT2D eigenvalue weighted by atomic mass is 10.1. The number of aryl methyl sites for hydroxylation is 2. The van der Waals surface area contributed by atoms with Gasteiger partial charge in [0.1, 0.15) is 18.1 Å². The van der Waals surface area contributed by atoms with E-state index < -0.39 is 0 Å². The first-order valence-corrected chi connectivity index (χ1v) is 26.6. The van der Waals surface area contributed by atoms with Crippen LogP contribution in [0.2, 0.25) is 0 Å². The van der Waals surface area contributed by atoms with Gasteiger partial charge in [0, 0.05) is 96.7 Å². The fourth-order valence-electron chi connectivity index (χ4n) is 9.86. The average molecular weight is 1040 g/mol. The minimum absolute atomic E-state index is 0. The number of fused-ring (bicyclic) bond motifs is 2. The number of benzene rings is 5. The number of rotatable bonds is 15. The SMILES string of the molecule is CCc1[nH]nc2cc(O)c(-c3nnc(C(=O)NC4CC4)n3-c3ccc(N4CCOCC4)cc3)cc12.CCc1[nH]nc2cc(OCc3ccccc3)c(-c3nnc(C(=O)NC4CC4)n3-c3ccc(N4CCOCC4)cc3)cc12.[HH]. The monoisotopic (exact) mass is 1040 g/mol. The Hall–Kier alpha value is -8.62. The second kappa shape index (κ2) is 21.5. The summed E-state index contributed by atoms with van der Waals surface area (Å²) in [6.45, 7) is 10.7. The fourth-order valence-corrected chi connectivity index (χ4v) is 9.86. The molecule has 0 bridgehead atoms. The van der Waals surface area contributed by atoms with E-state index in [1.54, 1.807) is 10.6 Å². The van der Waals surface area contributed by atoms with Crippen LogP contribution in [0.25, 0.3) is 56.0 Å². The smallest absolute Gasteiger partial charge is 0.289 e. The molecule has 20 heteroatoms. The van der Waals surface area contributed by atoms with Crippen molar-refractivity contribution in [3.05, 3.63) is 132 Å². The van der Waals surface area contributed by atoms with E-state index in [4.69, 9.17) is 14.2 Å². The first-order valence-electron chi connectivity index (χ1n) is 26.6. The maximum absolute atomic E-state index is 13.4. The van der Waals surface area contributed by atoms with Gasteiger partial charge in [-0.1, -0.05) is 44.2 Å². The molecule has 9 aromatic rings. The summed E-state index contributed by atoms with van der Waals surface area (Å²) in [5.74, 6) is 1.49. The van der Waals surface area contributed by atoms with Crippen molar-refractivity contribution in [2.75, 3.05) is 62.4 Å². The molecule has 5 aromatic carbocycles.